The summed E-state index contributed by atoms with van der Waals surface area (Å²) >= 11 is 5.79. The largest absolute Gasteiger partial charge is 0.306 e. The van der Waals surface area contributed by atoms with Crippen molar-refractivity contribution in [1.29, 1.82) is 0 Å². The molecular weight excluding hydrogens is 248 g/mol. The average Bonchev–Trinajstić information content (AvgIpc) is 2.32. The van der Waals surface area contributed by atoms with Crippen molar-refractivity contribution in [2.75, 3.05) is 33.7 Å². The van der Waals surface area contributed by atoms with Crippen LogP contribution in [-0.4, -0.2) is 53.5 Å². The lowest BCUT2D eigenvalue weighted by molar-refractivity contribution is 0.172. The molecule has 0 bridgehead atoms. The maximum atomic E-state index is 5.79. The van der Waals surface area contributed by atoms with E-state index in [-0.39, 0.29) is 0 Å². The van der Waals surface area contributed by atoms with E-state index in [2.05, 4.69) is 33.9 Å². The molecule has 4 nitrogen and oxygen atoms in total. The first kappa shape index (κ1) is 13.7. The number of nitrogens with zero attached hydrogens (tertiary/aromatic N) is 4. The fourth-order valence-electron chi connectivity index (χ4n) is 2.48. The highest BCUT2D eigenvalue weighted by atomic mass is 35.5. The molecular formula is C13H21ClN4. The lowest BCUT2D eigenvalue weighted by Gasteiger charge is -2.31. The molecule has 0 amide bonds. The van der Waals surface area contributed by atoms with Gasteiger partial charge in [0.15, 0.2) is 0 Å². The quantitative estimate of drug-likeness (QED) is 0.781. The maximum Gasteiger partial charge on any atom is 0.222 e. The van der Waals surface area contributed by atoms with Gasteiger partial charge in [-0.2, -0.15) is 0 Å². The predicted octanol–water partition coefficient (Wildman–Crippen LogP) is 1.90. The monoisotopic (exact) mass is 268 g/mol. The van der Waals surface area contributed by atoms with Gasteiger partial charge in [-0.05, 0) is 63.6 Å². The van der Waals surface area contributed by atoms with Crippen LogP contribution in [0.3, 0.4) is 0 Å². The molecule has 0 saturated carbocycles. The molecule has 1 aromatic heterocycles. The van der Waals surface area contributed by atoms with E-state index in [1.807, 2.05) is 6.07 Å². The number of likely N-dealkylation sites (tertiary alicyclic amines) is 1. The van der Waals surface area contributed by atoms with Gasteiger partial charge in [-0.3, -0.25) is 0 Å². The van der Waals surface area contributed by atoms with Crippen molar-refractivity contribution in [1.82, 2.24) is 19.8 Å². The second-order valence-electron chi connectivity index (χ2n) is 5.26. The van der Waals surface area contributed by atoms with Crippen molar-refractivity contribution >= 4 is 11.6 Å². The highest BCUT2D eigenvalue weighted by molar-refractivity contribution is 6.28. The first-order valence-corrected chi connectivity index (χ1v) is 6.86. The molecule has 0 unspecified atom stereocenters. The van der Waals surface area contributed by atoms with Crippen molar-refractivity contribution in [3.05, 3.63) is 23.2 Å². The summed E-state index contributed by atoms with van der Waals surface area (Å²) in [7, 11) is 4.34. The zero-order valence-electron chi connectivity index (χ0n) is 11.1. The summed E-state index contributed by atoms with van der Waals surface area (Å²) in [5.41, 5.74) is 0.991. The number of hydrogen-bond donors (Lipinski definition) is 0. The molecule has 1 aromatic rings. The van der Waals surface area contributed by atoms with Gasteiger partial charge in [0.25, 0.3) is 0 Å². The van der Waals surface area contributed by atoms with Gasteiger partial charge in [0, 0.05) is 19.3 Å². The topological polar surface area (TPSA) is 32.3 Å². The van der Waals surface area contributed by atoms with Crippen molar-refractivity contribution < 1.29 is 0 Å². The van der Waals surface area contributed by atoms with E-state index in [1.165, 1.54) is 25.9 Å². The maximum absolute atomic E-state index is 5.79. The molecule has 1 aliphatic heterocycles. The van der Waals surface area contributed by atoms with Crippen LogP contribution in [-0.2, 0) is 6.54 Å². The summed E-state index contributed by atoms with van der Waals surface area (Å²) in [6, 6.07) is 1.93. The van der Waals surface area contributed by atoms with Gasteiger partial charge < -0.3 is 9.80 Å². The molecule has 0 aliphatic carbocycles. The average molecular weight is 269 g/mol. The van der Waals surface area contributed by atoms with Gasteiger partial charge in [0.2, 0.25) is 5.28 Å². The third-order valence-corrected chi connectivity index (χ3v) is 3.71. The van der Waals surface area contributed by atoms with E-state index in [0.29, 0.717) is 5.28 Å². The summed E-state index contributed by atoms with van der Waals surface area (Å²) in [4.78, 5) is 12.9. The highest BCUT2D eigenvalue weighted by Gasteiger charge is 2.18. The standard InChI is InChI=1S/C13H21ClN4/c1-17-7-4-11(5-8-17)9-18(2)10-12-3-6-15-13(14)16-12/h3,6,11H,4-5,7-10H2,1-2H3. The van der Waals surface area contributed by atoms with Gasteiger partial charge in [-0.15, -0.1) is 0 Å². The third-order valence-electron chi connectivity index (χ3n) is 3.52. The van der Waals surface area contributed by atoms with Crippen LogP contribution in [0, 0.1) is 5.92 Å². The van der Waals surface area contributed by atoms with Crippen LogP contribution < -0.4 is 0 Å². The summed E-state index contributed by atoms with van der Waals surface area (Å²) in [6.45, 7) is 4.42. The molecule has 5 heteroatoms. The molecule has 1 saturated heterocycles. The smallest absolute Gasteiger partial charge is 0.222 e. The van der Waals surface area contributed by atoms with Crippen LogP contribution in [0.2, 0.25) is 5.28 Å². The Kier molecular flexibility index (Phi) is 4.92. The van der Waals surface area contributed by atoms with Gasteiger partial charge >= 0.3 is 0 Å². The number of halogens is 1. The second-order valence-corrected chi connectivity index (χ2v) is 5.60. The predicted molar refractivity (Wildman–Crippen MR) is 73.6 cm³/mol. The lowest BCUT2D eigenvalue weighted by Crippen LogP contribution is -2.35. The molecule has 2 rings (SSSR count). The van der Waals surface area contributed by atoms with E-state index < -0.39 is 0 Å². The third kappa shape index (κ3) is 4.19. The molecule has 1 fully saturated rings. The van der Waals surface area contributed by atoms with E-state index >= 15 is 0 Å². The molecule has 0 spiro atoms. The molecule has 100 valence electrons. The SMILES string of the molecule is CN1CCC(CN(C)Cc2ccnc(Cl)n2)CC1. The Balaban J connectivity index is 1.80. The molecule has 0 atom stereocenters. The molecule has 0 N–H and O–H groups in total. The van der Waals surface area contributed by atoms with Crippen molar-refractivity contribution in [2.45, 2.75) is 19.4 Å². The zero-order chi connectivity index (χ0) is 13.0. The van der Waals surface area contributed by atoms with Crippen molar-refractivity contribution in [3.63, 3.8) is 0 Å². The number of piperidine rings is 1. The molecule has 0 aromatic carbocycles. The summed E-state index contributed by atoms with van der Waals surface area (Å²) in [5.74, 6) is 0.809. The normalized spacial score (nSPS) is 18.4. The number of rotatable bonds is 4. The Bertz CT molecular complexity index is 377. The van der Waals surface area contributed by atoms with Crippen molar-refractivity contribution in [2.24, 2.45) is 5.92 Å². The van der Waals surface area contributed by atoms with E-state index in [9.17, 15) is 0 Å². The van der Waals surface area contributed by atoms with Crippen LogP contribution in [0.15, 0.2) is 12.3 Å². The highest BCUT2D eigenvalue weighted by Crippen LogP contribution is 2.17. The molecule has 2 heterocycles. The minimum Gasteiger partial charge on any atom is -0.306 e. The summed E-state index contributed by atoms with van der Waals surface area (Å²) < 4.78 is 0. The van der Waals surface area contributed by atoms with Crippen molar-refractivity contribution in [3.8, 4) is 0 Å². The number of aromatic nitrogens is 2. The first-order chi connectivity index (χ1) is 8.63. The van der Waals surface area contributed by atoms with Crippen LogP contribution in [0.4, 0.5) is 0 Å². The fraction of sp³-hybridized carbons (Fsp3) is 0.692. The van der Waals surface area contributed by atoms with Crippen LogP contribution in [0.5, 0.6) is 0 Å². The Labute approximate surface area is 114 Å². The molecule has 18 heavy (non-hydrogen) atoms. The van der Waals surface area contributed by atoms with E-state index in [0.717, 1.165) is 24.7 Å². The molecule has 1 aliphatic rings. The second kappa shape index (κ2) is 6.45. The van der Waals surface area contributed by atoms with Gasteiger partial charge in [-0.1, -0.05) is 0 Å². The first-order valence-electron chi connectivity index (χ1n) is 6.48. The Morgan fingerprint density at radius 2 is 2.17 bits per heavy atom. The van der Waals surface area contributed by atoms with E-state index in [4.69, 9.17) is 11.6 Å². The Morgan fingerprint density at radius 3 is 2.83 bits per heavy atom. The molecule has 0 radical (unpaired) electrons. The summed E-state index contributed by atoms with van der Waals surface area (Å²) in [5, 5.41) is 0.334. The Morgan fingerprint density at radius 1 is 1.44 bits per heavy atom. The van der Waals surface area contributed by atoms with Crippen LogP contribution in [0.25, 0.3) is 0 Å². The number of hydrogen-bond acceptors (Lipinski definition) is 4. The van der Waals surface area contributed by atoms with Gasteiger partial charge in [0.05, 0.1) is 5.69 Å². The van der Waals surface area contributed by atoms with Crippen LogP contribution >= 0.6 is 11.6 Å². The lowest BCUT2D eigenvalue weighted by atomic mass is 9.97. The van der Waals surface area contributed by atoms with Crippen LogP contribution in [0.1, 0.15) is 18.5 Å². The van der Waals surface area contributed by atoms with E-state index in [1.54, 1.807) is 6.20 Å². The van der Waals surface area contributed by atoms with Gasteiger partial charge in [0.1, 0.15) is 0 Å². The zero-order valence-corrected chi connectivity index (χ0v) is 11.9. The summed E-state index contributed by atoms with van der Waals surface area (Å²) in [6.07, 6.45) is 4.31. The van der Waals surface area contributed by atoms with Gasteiger partial charge in [-0.25, -0.2) is 9.97 Å². The minimum atomic E-state index is 0.334. The fourth-order valence-corrected chi connectivity index (χ4v) is 2.65. The Hall–Kier alpha value is -0.710. The minimum absolute atomic E-state index is 0.334.